The normalized spacial score (nSPS) is 9.53. The Morgan fingerprint density at radius 2 is 1.53 bits per heavy atom. The molecule has 184 valence electrons. The van der Waals surface area contributed by atoms with Crippen molar-refractivity contribution in [3.05, 3.63) is 108 Å². The van der Waals surface area contributed by atoms with Crippen LogP contribution in [-0.4, -0.2) is 19.3 Å². The second-order valence-electron chi connectivity index (χ2n) is 7.47. The first-order chi connectivity index (χ1) is 17.9. The van der Waals surface area contributed by atoms with Crippen molar-refractivity contribution in [2.75, 3.05) is 14.2 Å². The molecule has 0 fully saturated rings. The fourth-order valence-corrected chi connectivity index (χ4v) is 3.65. The molecule has 0 amide bonds. The number of halogens is 2. The van der Waals surface area contributed by atoms with Crippen LogP contribution in [0.3, 0.4) is 0 Å². The van der Waals surface area contributed by atoms with Crippen LogP contribution >= 0.6 is 0 Å². The Hall–Kier alpha value is -3.50. The van der Waals surface area contributed by atoms with Crippen molar-refractivity contribution in [3.8, 4) is 51.6 Å². The summed E-state index contributed by atoms with van der Waals surface area (Å²) in [7, 11) is 3.00. The van der Waals surface area contributed by atoms with Crippen LogP contribution in [-0.2, 0) is 0 Å². The van der Waals surface area contributed by atoms with Crippen LogP contribution in [0.2, 0.25) is 0 Å². The largest absolute Gasteiger partial charge is 1.00 e. The molecule has 4 rings (SSSR count). The molecule has 4 aromatic rings. The van der Waals surface area contributed by atoms with Gasteiger partial charge in [0.2, 0.25) is 0 Å². The predicted molar refractivity (Wildman–Crippen MR) is 137 cm³/mol. The zero-order chi connectivity index (χ0) is 26.9. The molecule has 0 aliphatic carbocycles. The summed E-state index contributed by atoms with van der Waals surface area (Å²) in [5, 5.41) is 28.1. The molecule has 0 saturated heterocycles. The summed E-state index contributed by atoms with van der Waals surface area (Å²) in [5.74, 6) is -0.874. The zero-order valence-corrected chi connectivity index (χ0v) is 24.2. The van der Waals surface area contributed by atoms with Crippen molar-refractivity contribution < 1.29 is 74.7 Å². The van der Waals surface area contributed by atoms with E-state index >= 15 is 0 Å². The maximum absolute atomic E-state index is 13.7. The Balaban J connectivity index is 0.000000260. The maximum Gasteiger partial charge on any atom is 1.00 e. The summed E-state index contributed by atoms with van der Waals surface area (Å²) in [6.07, 6.45) is 1.54. The number of aromatic hydroxyl groups is 1. The molecule has 0 heterocycles. The standard InChI is InChI=1S/C16H13NO2.C14H8F2NO.K/c1-3-12-14(18)9-8-11(10-17)16(12)13-6-4-5-7-15(13)19-2;1-18-10-6-5-9(8-17)12(7-10)11-3-2-4-13(15)14(11)16;/h3-9,18H,1H2,2H3;2-6H,1H3;/q;-1;+1. The van der Waals surface area contributed by atoms with E-state index in [-0.39, 0.29) is 73.8 Å². The fourth-order valence-electron chi connectivity index (χ4n) is 3.65. The average Bonchev–Trinajstić information content (AvgIpc) is 2.94. The topological polar surface area (TPSA) is 86.3 Å². The first kappa shape index (κ1) is 30.7. The Morgan fingerprint density at radius 3 is 2.16 bits per heavy atom. The van der Waals surface area contributed by atoms with Crippen LogP contribution in [0, 0.1) is 40.4 Å². The van der Waals surface area contributed by atoms with Crippen molar-refractivity contribution in [1.82, 2.24) is 0 Å². The van der Waals surface area contributed by atoms with Crippen LogP contribution in [0.4, 0.5) is 8.78 Å². The third-order valence-corrected chi connectivity index (χ3v) is 5.40. The molecule has 8 heteroatoms. The van der Waals surface area contributed by atoms with Crippen LogP contribution in [0.5, 0.6) is 17.2 Å². The third kappa shape index (κ3) is 6.67. The first-order valence-corrected chi connectivity index (χ1v) is 10.9. The van der Waals surface area contributed by atoms with Crippen LogP contribution in [0.1, 0.15) is 16.7 Å². The Bertz CT molecular complexity index is 1540. The molecule has 1 N–H and O–H groups in total. The minimum absolute atomic E-state index is 0. The Morgan fingerprint density at radius 1 is 0.868 bits per heavy atom. The average molecular weight is 535 g/mol. The molecule has 4 aromatic carbocycles. The molecule has 0 saturated carbocycles. The van der Waals surface area contributed by atoms with E-state index < -0.39 is 11.6 Å². The van der Waals surface area contributed by atoms with E-state index in [0.29, 0.717) is 28.2 Å². The van der Waals surface area contributed by atoms with Crippen LogP contribution in [0.25, 0.3) is 28.3 Å². The number of phenols is 1. The molecule has 0 aliphatic rings. The van der Waals surface area contributed by atoms with E-state index in [1.54, 1.807) is 19.2 Å². The van der Waals surface area contributed by atoms with E-state index in [1.807, 2.05) is 30.3 Å². The number of benzene rings is 4. The predicted octanol–water partition coefficient (Wildman–Crippen LogP) is 3.90. The van der Waals surface area contributed by atoms with Gasteiger partial charge in [0.05, 0.1) is 25.9 Å². The van der Waals surface area contributed by atoms with E-state index in [0.717, 1.165) is 11.6 Å². The molecule has 0 aromatic heterocycles. The quantitative estimate of drug-likeness (QED) is 0.310. The van der Waals surface area contributed by atoms with Gasteiger partial charge in [-0.05, 0) is 29.8 Å². The first-order valence-electron chi connectivity index (χ1n) is 10.9. The number of methoxy groups -OCH3 is 2. The van der Waals surface area contributed by atoms with Crippen LogP contribution < -0.4 is 60.9 Å². The van der Waals surface area contributed by atoms with Crippen molar-refractivity contribution >= 4 is 6.08 Å². The van der Waals surface area contributed by atoms with Crippen molar-refractivity contribution in [2.24, 2.45) is 0 Å². The van der Waals surface area contributed by atoms with Gasteiger partial charge < -0.3 is 14.6 Å². The second-order valence-corrected chi connectivity index (χ2v) is 7.47. The summed E-state index contributed by atoms with van der Waals surface area (Å²) < 4.78 is 37.2. The molecular formula is C30H21F2KN2O3. The summed E-state index contributed by atoms with van der Waals surface area (Å²) in [6, 6.07) is 24.1. The monoisotopic (exact) mass is 534 g/mol. The molecular weight excluding hydrogens is 513 g/mol. The maximum atomic E-state index is 13.7. The van der Waals surface area contributed by atoms with Gasteiger partial charge in [0.15, 0.2) is 0 Å². The molecule has 38 heavy (non-hydrogen) atoms. The number of nitriles is 2. The number of hydrogen-bond acceptors (Lipinski definition) is 5. The van der Waals surface area contributed by atoms with E-state index in [1.165, 1.54) is 37.5 Å². The SMILES string of the molecule is C=Cc1c(O)ccc(C#N)c1-c1ccccc1OC.COc1[c-]c(-c2cccc(F)c2F)c(C#N)cc1.[K+]. The van der Waals surface area contributed by atoms with Crippen molar-refractivity contribution in [3.63, 3.8) is 0 Å². The summed E-state index contributed by atoms with van der Waals surface area (Å²) in [4.78, 5) is 0. The van der Waals surface area contributed by atoms with Crippen LogP contribution in [0.15, 0.2) is 73.3 Å². The Labute approximate surface area is 262 Å². The van der Waals surface area contributed by atoms with Gasteiger partial charge >= 0.3 is 51.4 Å². The fraction of sp³-hybridized carbons (Fsp3) is 0.0667. The van der Waals surface area contributed by atoms with Gasteiger partial charge in [0.25, 0.3) is 0 Å². The third-order valence-electron chi connectivity index (χ3n) is 5.40. The van der Waals surface area contributed by atoms with Crippen molar-refractivity contribution in [1.29, 1.82) is 10.5 Å². The summed E-state index contributed by atoms with van der Waals surface area (Å²) in [5.41, 5.74) is 2.78. The Kier molecular flexibility index (Phi) is 11.7. The van der Waals surface area contributed by atoms with Gasteiger partial charge in [-0.25, -0.2) is 14.0 Å². The van der Waals surface area contributed by atoms with Gasteiger partial charge in [0, 0.05) is 28.5 Å². The zero-order valence-electron chi connectivity index (χ0n) is 21.0. The number of phenolic OH excluding ortho intramolecular Hbond substituents is 1. The van der Waals surface area contributed by atoms with Gasteiger partial charge in [-0.3, -0.25) is 0 Å². The molecule has 0 aliphatic heterocycles. The van der Waals surface area contributed by atoms with E-state index in [4.69, 9.17) is 14.7 Å². The smallest absolute Gasteiger partial charge is 0.516 e. The number of hydrogen-bond donors (Lipinski definition) is 1. The molecule has 0 atom stereocenters. The molecule has 0 radical (unpaired) electrons. The van der Waals surface area contributed by atoms with Gasteiger partial charge in [-0.1, -0.05) is 60.7 Å². The number of nitrogens with zero attached hydrogens (tertiary/aromatic N) is 2. The summed E-state index contributed by atoms with van der Waals surface area (Å²) >= 11 is 0. The molecule has 0 spiro atoms. The summed E-state index contributed by atoms with van der Waals surface area (Å²) in [6.45, 7) is 3.70. The minimum Gasteiger partial charge on any atom is -0.516 e. The number of ether oxygens (including phenoxy) is 2. The molecule has 0 unspecified atom stereocenters. The molecule has 5 nitrogen and oxygen atoms in total. The van der Waals surface area contributed by atoms with Gasteiger partial charge in [-0.15, -0.1) is 11.6 Å². The second kappa shape index (κ2) is 14.4. The van der Waals surface area contributed by atoms with E-state index in [2.05, 4.69) is 18.7 Å². The number of rotatable bonds is 5. The van der Waals surface area contributed by atoms with Gasteiger partial charge in [0.1, 0.15) is 23.1 Å². The van der Waals surface area contributed by atoms with Gasteiger partial charge in [-0.2, -0.15) is 5.26 Å². The van der Waals surface area contributed by atoms with E-state index in [9.17, 15) is 19.1 Å². The minimum atomic E-state index is -1.00. The molecule has 0 bridgehead atoms. The van der Waals surface area contributed by atoms with Crippen molar-refractivity contribution in [2.45, 2.75) is 0 Å². The number of para-hydroxylation sites is 1.